The molecule has 0 unspecified atom stereocenters. The molecule has 0 amide bonds. The molecule has 0 radical (unpaired) electrons. The number of Topliss-reactive ketones (excluding diaryl/α,β-unsaturated/α-hetero) is 1. The van der Waals surface area contributed by atoms with Crippen molar-refractivity contribution < 1.29 is 14.5 Å². The highest BCUT2D eigenvalue weighted by Gasteiger charge is 2.47. The van der Waals surface area contributed by atoms with E-state index in [4.69, 9.17) is 0 Å². The maximum absolute atomic E-state index is 14.4. The Labute approximate surface area is 282 Å². The second kappa shape index (κ2) is 12.3. The van der Waals surface area contributed by atoms with Gasteiger partial charge in [0.15, 0.2) is 18.0 Å². The highest BCUT2D eigenvalue weighted by atomic mass is 32.2. The Morgan fingerprint density at radius 2 is 1.36 bits per heavy atom. The smallest absolute Gasteiger partial charge is 0.210 e. The van der Waals surface area contributed by atoms with E-state index in [0.29, 0.717) is 6.54 Å². The van der Waals surface area contributed by atoms with Crippen molar-refractivity contribution in [2.75, 3.05) is 18.1 Å². The van der Waals surface area contributed by atoms with Gasteiger partial charge in [0.1, 0.15) is 0 Å². The summed E-state index contributed by atoms with van der Waals surface area (Å²) in [5, 5.41) is 10.0. The van der Waals surface area contributed by atoms with Gasteiger partial charge in [-0.1, -0.05) is 111 Å². The normalized spacial score (nSPS) is 19.4. The largest absolute Gasteiger partial charge is 0.395 e. The topological polar surface area (TPSA) is 43.6 Å². The lowest BCUT2D eigenvalue weighted by molar-refractivity contribution is -0.455. The molecule has 2 aliphatic heterocycles. The molecule has 236 valence electrons. The van der Waals surface area contributed by atoms with Crippen LogP contribution in [0.4, 0.5) is 11.4 Å². The fraction of sp³-hybridized carbons (Fsp3) is 0.238. The highest BCUT2D eigenvalue weighted by molar-refractivity contribution is 8.02. The van der Waals surface area contributed by atoms with Gasteiger partial charge in [-0.3, -0.25) is 4.79 Å². The first-order valence-corrected chi connectivity index (χ1v) is 17.4. The maximum atomic E-state index is 14.4. The van der Waals surface area contributed by atoms with E-state index < -0.39 is 0 Å². The highest BCUT2D eigenvalue weighted by Crippen LogP contribution is 2.50. The van der Waals surface area contributed by atoms with Crippen LogP contribution in [0.3, 0.4) is 0 Å². The number of ketones is 1. The van der Waals surface area contributed by atoms with E-state index in [1.807, 2.05) is 18.2 Å². The van der Waals surface area contributed by atoms with Gasteiger partial charge in [0.2, 0.25) is 5.69 Å². The van der Waals surface area contributed by atoms with Gasteiger partial charge in [-0.15, -0.1) is 11.8 Å². The van der Waals surface area contributed by atoms with Crippen LogP contribution < -0.4 is 4.90 Å². The Bertz CT molecular complexity index is 1980. The Morgan fingerprint density at radius 3 is 2.06 bits per heavy atom. The molecule has 1 aliphatic carbocycles. The number of carbonyl (C=O) groups is 1. The lowest BCUT2D eigenvalue weighted by atomic mass is 9.78. The number of allylic oxidation sites excluding steroid dienone is 5. The lowest BCUT2D eigenvalue weighted by Crippen LogP contribution is -2.32. The molecule has 4 nitrogen and oxygen atoms in total. The van der Waals surface area contributed by atoms with Crippen molar-refractivity contribution in [1.82, 2.24) is 0 Å². The average molecular weight is 638 g/mol. The molecular formula is C42H41N2O2S+. The summed E-state index contributed by atoms with van der Waals surface area (Å²) in [6.45, 7) is 10.2. The van der Waals surface area contributed by atoms with Crippen LogP contribution in [0.5, 0.6) is 0 Å². The molecular weight excluding hydrogens is 597 g/mol. The van der Waals surface area contributed by atoms with E-state index in [2.05, 4.69) is 140 Å². The number of benzene rings is 4. The number of aliphatic hydroxyl groups is 1. The molecule has 0 fully saturated rings. The minimum atomic E-state index is -0.315. The third-order valence-electron chi connectivity index (χ3n) is 9.87. The van der Waals surface area contributed by atoms with Crippen LogP contribution in [0.15, 0.2) is 143 Å². The number of thioether (sulfide) groups is 1. The predicted octanol–water partition coefficient (Wildman–Crippen LogP) is 8.63. The number of hydrogen-bond acceptors (Lipinski definition) is 4. The quantitative estimate of drug-likeness (QED) is 0.147. The first kappa shape index (κ1) is 31.2. The summed E-state index contributed by atoms with van der Waals surface area (Å²) >= 11 is 1.74. The maximum Gasteiger partial charge on any atom is 0.210 e. The van der Waals surface area contributed by atoms with Gasteiger partial charge in [-0.05, 0) is 37.1 Å². The fourth-order valence-corrected chi connectivity index (χ4v) is 8.45. The minimum Gasteiger partial charge on any atom is -0.395 e. The summed E-state index contributed by atoms with van der Waals surface area (Å²) in [4.78, 5) is 17.6. The number of β-amino-alcohol motifs (C(OH)–C–C–N with tert-alkyl or cyclic N) is 1. The van der Waals surface area contributed by atoms with Crippen LogP contribution >= 0.6 is 11.8 Å². The van der Waals surface area contributed by atoms with Crippen molar-refractivity contribution in [2.24, 2.45) is 0 Å². The van der Waals surface area contributed by atoms with E-state index in [1.54, 1.807) is 11.8 Å². The number of nitrogens with zero attached hydrogens (tertiary/aromatic N) is 2. The molecule has 4 aromatic rings. The van der Waals surface area contributed by atoms with Crippen LogP contribution in [-0.2, 0) is 27.9 Å². The van der Waals surface area contributed by atoms with Gasteiger partial charge >= 0.3 is 0 Å². The minimum absolute atomic E-state index is 0.0285. The van der Waals surface area contributed by atoms with Crippen molar-refractivity contribution in [2.45, 2.75) is 50.8 Å². The molecule has 1 N–H and O–H groups in total. The van der Waals surface area contributed by atoms with Crippen LogP contribution in [0.1, 0.15) is 49.9 Å². The van der Waals surface area contributed by atoms with Crippen LogP contribution in [0, 0.1) is 0 Å². The van der Waals surface area contributed by atoms with Crippen molar-refractivity contribution in [3.05, 3.63) is 165 Å². The molecule has 0 saturated heterocycles. The molecule has 0 bridgehead atoms. The monoisotopic (exact) mass is 637 g/mol. The summed E-state index contributed by atoms with van der Waals surface area (Å²) in [5.74, 6) is 0.840. The molecule has 4 aromatic carbocycles. The van der Waals surface area contributed by atoms with E-state index in [1.165, 1.54) is 27.9 Å². The van der Waals surface area contributed by atoms with E-state index >= 15 is 0 Å². The predicted molar refractivity (Wildman–Crippen MR) is 194 cm³/mol. The zero-order valence-electron chi connectivity index (χ0n) is 27.5. The standard InChI is InChI=1S/C42H41N2O2S/c1-41(2)33-19-11-13-21-35(33)43(23-24-45)37(41)25-31-39(46)32(40(31)47-28-30-17-9-6-10-18-30)26-38-42(3,4)34-20-12-14-22-36(34)44(38)27-29-15-7-5-8-16-29/h5-22,25-26,45H,23-24,27-28H2,1-4H3/q+1. The third kappa shape index (κ3) is 5.42. The van der Waals surface area contributed by atoms with Gasteiger partial charge < -0.3 is 10.0 Å². The second-order valence-corrected chi connectivity index (χ2v) is 14.5. The molecule has 47 heavy (non-hydrogen) atoms. The molecule has 0 spiro atoms. The second-order valence-electron chi connectivity index (χ2n) is 13.6. The molecule has 3 aliphatic rings. The van der Waals surface area contributed by atoms with Crippen LogP contribution in [0.2, 0.25) is 0 Å². The van der Waals surface area contributed by atoms with E-state index in [9.17, 15) is 9.90 Å². The number of anilines is 1. The van der Waals surface area contributed by atoms with Crippen molar-refractivity contribution in [1.29, 1.82) is 0 Å². The summed E-state index contributed by atoms with van der Waals surface area (Å²) in [6, 6.07) is 38.0. The van der Waals surface area contributed by atoms with Crippen LogP contribution in [0.25, 0.3) is 0 Å². The summed E-state index contributed by atoms with van der Waals surface area (Å²) < 4.78 is 2.39. The number of para-hydroxylation sites is 2. The average Bonchev–Trinajstić information content (AvgIpc) is 3.43. The van der Waals surface area contributed by atoms with Gasteiger partial charge in [0, 0.05) is 68.4 Å². The number of fused-ring (bicyclic) bond motifs is 2. The first-order valence-electron chi connectivity index (χ1n) is 16.4. The molecule has 0 aromatic heterocycles. The summed E-state index contributed by atoms with van der Waals surface area (Å²) in [6.07, 6.45) is 4.27. The molecule has 0 atom stereocenters. The van der Waals surface area contributed by atoms with Gasteiger partial charge in [0.05, 0.1) is 12.0 Å². The molecule has 7 rings (SSSR count). The number of rotatable bonds is 9. The molecule has 5 heteroatoms. The molecule has 0 saturated carbocycles. The van der Waals surface area contributed by atoms with Gasteiger partial charge in [-0.25, -0.2) is 0 Å². The lowest BCUT2D eigenvalue weighted by Gasteiger charge is -2.30. The van der Waals surface area contributed by atoms with Crippen LogP contribution in [-0.4, -0.2) is 34.3 Å². The third-order valence-corrected chi connectivity index (χ3v) is 11.1. The van der Waals surface area contributed by atoms with E-state index in [0.717, 1.165) is 45.4 Å². The Balaban J connectivity index is 1.37. The Morgan fingerprint density at radius 1 is 0.745 bits per heavy atom. The Kier molecular flexibility index (Phi) is 8.15. The number of carbonyl (C=O) groups excluding carboxylic acids is 1. The van der Waals surface area contributed by atoms with E-state index in [-0.39, 0.29) is 23.2 Å². The summed E-state index contributed by atoms with van der Waals surface area (Å²) in [5.41, 5.74) is 10.3. The zero-order valence-corrected chi connectivity index (χ0v) is 28.4. The zero-order chi connectivity index (χ0) is 32.8. The van der Waals surface area contributed by atoms with Gasteiger partial charge in [0.25, 0.3) is 0 Å². The Hall–Kier alpha value is -4.45. The summed E-state index contributed by atoms with van der Waals surface area (Å²) in [7, 11) is 0. The number of hydrogen-bond donors (Lipinski definition) is 1. The molecule has 2 heterocycles. The van der Waals surface area contributed by atoms with Gasteiger partial charge in [-0.2, -0.15) is 4.58 Å². The SMILES string of the molecule is CC1(C)C(/C=C2/C(=O)C(/C=C3\N(CCO)c4ccccc4C3(C)C)=C2SCc2ccccc2)=[N+](Cc2ccccc2)c2ccccc21. The van der Waals surface area contributed by atoms with Crippen molar-refractivity contribution >= 4 is 34.6 Å². The fourth-order valence-electron chi connectivity index (χ4n) is 7.33. The van der Waals surface area contributed by atoms with Crippen molar-refractivity contribution in [3.8, 4) is 0 Å². The van der Waals surface area contributed by atoms with Crippen molar-refractivity contribution in [3.63, 3.8) is 0 Å². The first-order chi connectivity index (χ1) is 22.7. The number of aliphatic hydroxyl groups excluding tert-OH is 1.